The van der Waals surface area contributed by atoms with E-state index in [0.29, 0.717) is 12.6 Å². The normalized spacial score (nSPS) is 18.2. The summed E-state index contributed by atoms with van der Waals surface area (Å²) in [5, 5.41) is 9.14. The van der Waals surface area contributed by atoms with Gasteiger partial charge in [0, 0.05) is 13.7 Å². The predicted molar refractivity (Wildman–Crippen MR) is 127 cm³/mol. The van der Waals surface area contributed by atoms with Crippen LogP contribution in [-0.2, 0) is 9.16 Å². The maximum Gasteiger partial charge on any atom is 0.261 e. The molecule has 0 spiro atoms. The fraction of sp³-hybridized carbons (Fsp3) is 0.458. The Hall–Kier alpha value is -1.99. The third-order valence-corrected chi connectivity index (χ3v) is 10.8. The molecule has 1 saturated heterocycles. The van der Waals surface area contributed by atoms with Gasteiger partial charge in [-0.3, -0.25) is 0 Å². The zero-order chi connectivity index (χ0) is 21.5. The third-order valence-electron chi connectivity index (χ3n) is 5.80. The standard InChI is InChI=1S/C24H35N3O2Si/c1-24(2,3)30(22-13-7-5-8-14-22,23-15-9-6-10-16-23)29-19-17-25-26-27-18-11-12-21(27)20-28-4/h5-10,13-17,21,26H,11-12,18-20H2,1-4H3/b25-17+/t21-/m0/s1. The molecule has 162 valence electrons. The predicted octanol–water partition coefficient (Wildman–Crippen LogP) is 3.16. The van der Waals surface area contributed by atoms with Crippen LogP contribution in [0.15, 0.2) is 65.8 Å². The van der Waals surface area contributed by atoms with Crippen LogP contribution in [0.2, 0.25) is 5.04 Å². The lowest BCUT2D eigenvalue weighted by Crippen LogP contribution is -2.66. The number of methoxy groups -OCH3 is 1. The zero-order valence-corrected chi connectivity index (χ0v) is 19.7. The van der Waals surface area contributed by atoms with E-state index in [1.807, 2.05) is 6.21 Å². The quantitative estimate of drug-likeness (QED) is 0.381. The van der Waals surface area contributed by atoms with Gasteiger partial charge in [0.2, 0.25) is 0 Å². The summed E-state index contributed by atoms with van der Waals surface area (Å²) in [6, 6.07) is 21.8. The van der Waals surface area contributed by atoms with Crippen molar-refractivity contribution in [3.8, 4) is 0 Å². The molecular formula is C24H35N3O2Si. The number of hydrogen-bond acceptors (Lipinski definition) is 5. The average molecular weight is 426 g/mol. The Morgan fingerprint density at radius 1 is 1.07 bits per heavy atom. The summed E-state index contributed by atoms with van der Waals surface area (Å²) in [5.41, 5.74) is 3.18. The van der Waals surface area contributed by atoms with Gasteiger partial charge in [-0.25, -0.2) is 10.5 Å². The molecule has 1 atom stereocenters. The van der Waals surface area contributed by atoms with Crippen molar-refractivity contribution in [2.75, 3.05) is 26.9 Å². The van der Waals surface area contributed by atoms with E-state index in [2.05, 4.69) is 97.1 Å². The molecule has 0 bridgehead atoms. The van der Waals surface area contributed by atoms with E-state index in [1.165, 1.54) is 10.4 Å². The van der Waals surface area contributed by atoms with E-state index >= 15 is 0 Å². The first-order chi connectivity index (χ1) is 14.5. The van der Waals surface area contributed by atoms with Crippen LogP contribution in [0.4, 0.5) is 0 Å². The van der Waals surface area contributed by atoms with Gasteiger partial charge in [-0.1, -0.05) is 81.4 Å². The van der Waals surface area contributed by atoms with Crippen molar-refractivity contribution in [1.82, 2.24) is 10.5 Å². The van der Waals surface area contributed by atoms with Gasteiger partial charge in [0.25, 0.3) is 8.32 Å². The first-order valence-electron chi connectivity index (χ1n) is 10.8. The van der Waals surface area contributed by atoms with Crippen molar-refractivity contribution in [2.45, 2.75) is 44.7 Å². The Morgan fingerprint density at radius 2 is 1.67 bits per heavy atom. The topological polar surface area (TPSA) is 46.1 Å². The van der Waals surface area contributed by atoms with Crippen LogP contribution in [0.5, 0.6) is 0 Å². The SMILES string of the molecule is COC[C@@H]1CCCN1N/N=C/CO[Si](c1ccccc1)(c1ccccc1)C(C)(C)C. The highest BCUT2D eigenvalue weighted by Crippen LogP contribution is 2.36. The second-order valence-corrected chi connectivity index (χ2v) is 13.1. The highest BCUT2D eigenvalue weighted by atomic mass is 28.4. The number of benzene rings is 2. The van der Waals surface area contributed by atoms with Crippen LogP contribution >= 0.6 is 0 Å². The Kier molecular flexibility index (Phi) is 7.83. The molecule has 1 N–H and O–H groups in total. The minimum atomic E-state index is -2.51. The van der Waals surface area contributed by atoms with Crippen LogP contribution < -0.4 is 15.9 Å². The number of nitrogens with zero attached hydrogens (tertiary/aromatic N) is 2. The van der Waals surface area contributed by atoms with Gasteiger partial charge in [-0.2, -0.15) is 5.10 Å². The van der Waals surface area contributed by atoms with Crippen molar-refractivity contribution < 1.29 is 9.16 Å². The Labute approximate surface area is 182 Å². The van der Waals surface area contributed by atoms with E-state index in [4.69, 9.17) is 9.16 Å². The van der Waals surface area contributed by atoms with E-state index in [0.717, 1.165) is 26.0 Å². The third kappa shape index (κ3) is 5.00. The molecule has 0 amide bonds. The molecule has 0 radical (unpaired) electrons. The summed E-state index contributed by atoms with van der Waals surface area (Å²) in [5.74, 6) is 0. The number of nitrogens with one attached hydrogen (secondary N) is 1. The molecule has 0 aromatic heterocycles. The molecule has 5 nitrogen and oxygen atoms in total. The molecule has 3 rings (SSSR count). The number of ether oxygens (including phenoxy) is 1. The van der Waals surface area contributed by atoms with Gasteiger partial charge in [0.05, 0.1) is 25.5 Å². The first kappa shape index (κ1) is 22.7. The average Bonchev–Trinajstić information content (AvgIpc) is 3.18. The highest BCUT2D eigenvalue weighted by molar-refractivity contribution is 6.99. The molecule has 1 aliphatic rings. The lowest BCUT2D eigenvalue weighted by Gasteiger charge is -2.42. The molecule has 1 heterocycles. The summed E-state index contributed by atoms with van der Waals surface area (Å²) < 4.78 is 12.1. The van der Waals surface area contributed by atoms with E-state index < -0.39 is 8.32 Å². The molecule has 0 saturated carbocycles. The molecule has 2 aromatic rings. The van der Waals surface area contributed by atoms with Gasteiger partial charge in [-0.05, 0) is 28.3 Å². The lowest BCUT2D eigenvalue weighted by molar-refractivity contribution is 0.0848. The first-order valence-corrected chi connectivity index (χ1v) is 12.7. The van der Waals surface area contributed by atoms with Crippen molar-refractivity contribution in [2.24, 2.45) is 5.10 Å². The van der Waals surface area contributed by atoms with Gasteiger partial charge in [-0.15, -0.1) is 0 Å². The zero-order valence-electron chi connectivity index (χ0n) is 18.7. The molecule has 6 heteroatoms. The minimum absolute atomic E-state index is 0.0323. The maximum atomic E-state index is 6.81. The van der Waals surface area contributed by atoms with Crippen LogP contribution in [-0.4, -0.2) is 52.5 Å². The summed E-state index contributed by atoms with van der Waals surface area (Å²) in [4.78, 5) is 0. The fourth-order valence-corrected chi connectivity index (χ4v) is 8.89. The Morgan fingerprint density at radius 3 is 2.20 bits per heavy atom. The van der Waals surface area contributed by atoms with Crippen LogP contribution in [0, 0.1) is 0 Å². The van der Waals surface area contributed by atoms with Crippen molar-refractivity contribution >= 4 is 24.9 Å². The molecule has 1 fully saturated rings. The smallest absolute Gasteiger partial charge is 0.261 e. The Bertz CT molecular complexity index is 754. The lowest BCUT2D eigenvalue weighted by atomic mass is 10.2. The number of hydrazone groups is 1. The highest BCUT2D eigenvalue weighted by Gasteiger charge is 2.49. The Balaban J connectivity index is 1.78. The van der Waals surface area contributed by atoms with Crippen molar-refractivity contribution in [3.63, 3.8) is 0 Å². The van der Waals surface area contributed by atoms with Gasteiger partial charge >= 0.3 is 0 Å². The van der Waals surface area contributed by atoms with Crippen molar-refractivity contribution in [1.29, 1.82) is 0 Å². The summed E-state index contributed by atoms with van der Waals surface area (Å²) in [7, 11) is -0.762. The fourth-order valence-electron chi connectivity index (χ4n) is 4.41. The number of hydrogen-bond donors (Lipinski definition) is 1. The molecule has 2 aromatic carbocycles. The van der Waals surface area contributed by atoms with E-state index in [-0.39, 0.29) is 5.04 Å². The minimum Gasteiger partial charge on any atom is -0.402 e. The van der Waals surface area contributed by atoms with Crippen LogP contribution in [0.1, 0.15) is 33.6 Å². The van der Waals surface area contributed by atoms with Crippen molar-refractivity contribution in [3.05, 3.63) is 60.7 Å². The largest absolute Gasteiger partial charge is 0.402 e. The summed E-state index contributed by atoms with van der Waals surface area (Å²) >= 11 is 0. The molecule has 0 unspecified atom stereocenters. The summed E-state index contributed by atoms with van der Waals surface area (Å²) in [6.07, 6.45) is 4.14. The molecule has 0 aliphatic carbocycles. The van der Waals surface area contributed by atoms with Gasteiger partial charge in [0.15, 0.2) is 0 Å². The second kappa shape index (κ2) is 10.4. The number of rotatable bonds is 9. The summed E-state index contributed by atoms with van der Waals surface area (Å²) in [6.45, 7) is 9.03. The van der Waals surface area contributed by atoms with Crippen LogP contribution in [0.25, 0.3) is 0 Å². The van der Waals surface area contributed by atoms with E-state index in [1.54, 1.807) is 7.11 Å². The number of hydrazine groups is 1. The maximum absolute atomic E-state index is 6.81. The molecular weight excluding hydrogens is 390 g/mol. The second-order valence-electron chi connectivity index (χ2n) is 8.83. The monoisotopic (exact) mass is 425 g/mol. The van der Waals surface area contributed by atoms with Gasteiger partial charge in [0.1, 0.15) is 0 Å². The van der Waals surface area contributed by atoms with E-state index in [9.17, 15) is 0 Å². The van der Waals surface area contributed by atoms with Gasteiger partial charge < -0.3 is 9.16 Å². The van der Waals surface area contributed by atoms with Crippen LogP contribution in [0.3, 0.4) is 0 Å². The molecule has 30 heavy (non-hydrogen) atoms. The molecule has 1 aliphatic heterocycles.